The Balaban J connectivity index is 1.46. The number of aromatic nitrogens is 1. The van der Waals surface area contributed by atoms with Crippen LogP contribution in [0.2, 0.25) is 0 Å². The van der Waals surface area contributed by atoms with Crippen molar-refractivity contribution in [3.8, 4) is 11.8 Å². The number of benzene rings is 2. The zero-order valence-electron chi connectivity index (χ0n) is 24.6. The van der Waals surface area contributed by atoms with Crippen molar-refractivity contribution in [3.05, 3.63) is 83.3 Å². The number of carbonyl (C=O) groups excluding carboxylic acids is 1. The Morgan fingerprint density at radius 3 is 2.43 bits per heavy atom. The van der Waals surface area contributed by atoms with Crippen LogP contribution in [0.4, 0.5) is 32.2 Å². The minimum atomic E-state index is -4.52. The van der Waals surface area contributed by atoms with Crippen LogP contribution in [0.15, 0.2) is 65.7 Å². The summed E-state index contributed by atoms with van der Waals surface area (Å²) in [4.78, 5) is 18.6. The SMILES string of the molecule is CCS(=O)(=O)c1ccc([C@H](CC#N)NC(=O)c2cnc(N3CC(SOc4ccc(C(F)(F)F)cc4)C[C@H]3COC(F)F)c(F)c2)cc1. The summed E-state index contributed by atoms with van der Waals surface area (Å²) < 4.78 is 114. The van der Waals surface area contributed by atoms with Gasteiger partial charge in [-0.1, -0.05) is 19.1 Å². The molecule has 252 valence electrons. The first-order valence-corrected chi connectivity index (χ1v) is 16.5. The van der Waals surface area contributed by atoms with E-state index in [1.54, 1.807) is 0 Å². The fraction of sp³-hybridized carbons (Fsp3) is 0.367. The Morgan fingerprint density at radius 1 is 1.17 bits per heavy atom. The standard InChI is InChI=1S/C30H28F6N4O5S2/c1-2-47(42,43)24-9-3-18(4-10-24)26(11-12-37)39-28(41)19-13-25(31)27(38-15-19)40-16-23(14-21(40)17-44-29(32)33)46-45-22-7-5-20(6-8-22)30(34,35)36/h3-10,13,15,21,23,26,29H,2,11,14,16-17H2,1H3,(H,39,41)/t21-,23?,26-/m0/s1. The van der Waals surface area contributed by atoms with E-state index in [0.29, 0.717) is 5.56 Å². The van der Waals surface area contributed by atoms with Crippen molar-refractivity contribution in [1.82, 2.24) is 10.3 Å². The van der Waals surface area contributed by atoms with Crippen molar-refractivity contribution < 1.29 is 48.5 Å². The number of carbonyl (C=O) groups is 1. The lowest BCUT2D eigenvalue weighted by Gasteiger charge is -2.26. The van der Waals surface area contributed by atoms with Crippen molar-refractivity contribution in [2.45, 2.75) is 54.8 Å². The van der Waals surface area contributed by atoms with Crippen molar-refractivity contribution >= 4 is 33.6 Å². The van der Waals surface area contributed by atoms with E-state index in [0.717, 1.165) is 48.6 Å². The highest BCUT2D eigenvalue weighted by Gasteiger charge is 2.37. The molecule has 1 amide bonds. The Bertz CT molecular complexity index is 1690. The lowest BCUT2D eigenvalue weighted by Crippen LogP contribution is -2.35. The van der Waals surface area contributed by atoms with Crippen LogP contribution >= 0.6 is 12.0 Å². The summed E-state index contributed by atoms with van der Waals surface area (Å²) in [5.41, 5.74) is -0.611. The smallest absolute Gasteiger partial charge is 0.416 e. The molecule has 1 fully saturated rings. The summed E-state index contributed by atoms with van der Waals surface area (Å²) >= 11 is 0.873. The number of nitrogens with one attached hydrogen (secondary N) is 1. The number of alkyl halides is 5. The first-order chi connectivity index (χ1) is 22.2. The lowest BCUT2D eigenvalue weighted by atomic mass is 10.0. The van der Waals surface area contributed by atoms with Gasteiger partial charge in [-0.3, -0.25) is 4.79 Å². The van der Waals surface area contributed by atoms with Crippen LogP contribution in [-0.4, -0.2) is 56.1 Å². The van der Waals surface area contributed by atoms with Crippen molar-refractivity contribution in [2.24, 2.45) is 0 Å². The molecule has 3 aromatic rings. The molecule has 0 aliphatic carbocycles. The molecule has 2 heterocycles. The van der Waals surface area contributed by atoms with Crippen LogP contribution in [-0.2, 0) is 20.8 Å². The van der Waals surface area contributed by atoms with Crippen LogP contribution in [0.5, 0.6) is 5.75 Å². The monoisotopic (exact) mass is 702 g/mol. The van der Waals surface area contributed by atoms with E-state index in [4.69, 9.17) is 4.18 Å². The van der Waals surface area contributed by atoms with E-state index < -0.39 is 63.9 Å². The maximum atomic E-state index is 15.4. The van der Waals surface area contributed by atoms with Gasteiger partial charge < -0.3 is 19.1 Å². The second-order valence-corrected chi connectivity index (χ2v) is 13.7. The number of hydrogen-bond donors (Lipinski definition) is 1. The average molecular weight is 703 g/mol. The third-order valence-corrected chi connectivity index (χ3v) is 9.88. The predicted molar refractivity (Wildman–Crippen MR) is 160 cm³/mol. The van der Waals surface area contributed by atoms with E-state index in [1.807, 2.05) is 6.07 Å². The van der Waals surface area contributed by atoms with Crippen LogP contribution in [0.1, 0.15) is 47.3 Å². The molecule has 1 unspecified atom stereocenters. The molecule has 1 N–H and O–H groups in total. The number of ether oxygens (including phenoxy) is 1. The maximum absolute atomic E-state index is 15.4. The number of rotatable bonds is 13. The molecule has 1 aliphatic heterocycles. The van der Waals surface area contributed by atoms with E-state index in [1.165, 1.54) is 36.1 Å². The lowest BCUT2D eigenvalue weighted by molar-refractivity contribution is -0.137. The topological polar surface area (TPSA) is 122 Å². The van der Waals surface area contributed by atoms with Gasteiger partial charge in [-0.15, -0.1) is 0 Å². The second kappa shape index (κ2) is 15.3. The van der Waals surface area contributed by atoms with Gasteiger partial charge in [-0.25, -0.2) is 17.8 Å². The molecule has 3 atom stereocenters. The van der Waals surface area contributed by atoms with E-state index in [2.05, 4.69) is 15.0 Å². The molecule has 2 aromatic carbocycles. The highest BCUT2D eigenvalue weighted by Crippen LogP contribution is 2.35. The summed E-state index contributed by atoms with van der Waals surface area (Å²) in [7, 11) is -3.47. The molecule has 1 aliphatic rings. The zero-order valence-corrected chi connectivity index (χ0v) is 26.2. The second-order valence-electron chi connectivity index (χ2n) is 10.3. The van der Waals surface area contributed by atoms with Gasteiger partial charge in [0.25, 0.3) is 5.91 Å². The summed E-state index contributed by atoms with van der Waals surface area (Å²) in [5, 5.41) is 11.5. The number of sulfone groups is 1. The van der Waals surface area contributed by atoms with E-state index in [-0.39, 0.29) is 47.2 Å². The molecule has 47 heavy (non-hydrogen) atoms. The van der Waals surface area contributed by atoms with Crippen molar-refractivity contribution in [2.75, 3.05) is 23.8 Å². The molecule has 0 saturated carbocycles. The molecule has 0 bridgehead atoms. The van der Waals surface area contributed by atoms with Gasteiger partial charge in [0, 0.05) is 12.7 Å². The fourth-order valence-electron chi connectivity index (χ4n) is 4.79. The molecule has 9 nitrogen and oxygen atoms in total. The summed E-state index contributed by atoms with van der Waals surface area (Å²) in [5.74, 6) is -1.94. The Hall–Kier alpha value is -4.01. The minimum Gasteiger partial charge on any atom is -0.425 e. The number of anilines is 1. The van der Waals surface area contributed by atoms with Gasteiger partial charge in [0.05, 0.1) is 70.2 Å². The summed E-state index contributed by atoms with van der Waals surface area (Å²) in [6, 6.07) is 10.9. The van der Waals surface area contributed by atoms with Crippen LogP contribution in [0.3, 0.4) is 0 Å². The number of halogens is 6. The van der Waals surface area contributed by atoms with E-state index >= 15 is 4.39 Å². The van der Waals surface area contributed by atoms with Gasteiger partial charge in [0.15, 0.2) is 21.5 Å². The molecule has 1 saturated heterocycles. The molecular formula is C30H28F6N4O5S2. The first-order valence-electron chi connectivity index (χ1n) is 14.0. The average Bonchev–Trinajstić information content (AvgIpc) is 3.45. The molecule has 4 rings (SSSR count). The highest BCUT2D eigenvalue weighted by atomic mass is 32.2. The summed E-state index contributed by atoms with van der Waals surface area (Å²) in [6.07, 6.45) is -3.44. The quantitative estimate of drug-likeness (QED) is 0.161. The molecule has 17 heteroatoms. The van der Waals surface area contributed by atoms with Gasteiger partial charge in [0.1, 0.15) is 5.75 Å². The van der Waals surface area contributed by atoms with Gasteiger partial charge in [-0.2, -0.15) is 27.2 Å². The van der Waals surface area contributed by atoms with Gasteiger partial charge in [-0.05, 0) is 54.4 Å². The number of nitrogens with zero attached hydrogens (tertiary/aromatic N) is 3. The van der Waals surface area contributed by atoms with Crippen molar-refractivity contribution in [1.29, 1.82) is 5.26 Å². The normalized spacial score (nSPS) is 17.4. The maximum Gasteiger partial charge on any atom is 0.416 e. The third-order valence-electron chi connectivity index (χ3n) is 7.23. The number of amides is 1. The molecular weight excluding hydrogens is 674 g/mol. The number of hydrogen-bond acceptors (Lipinski definition) is 9. The zero-order chi connectivity index (χ0) is 34.4. The van der Waals surface area contributed by atoms with Crippen LogP contribution in [0, 0.1) is 17.1 Å². The van der Waals surface area contributed by atoms with Crippen LogP contribution < -0.4 is 14.4 Å². The van der Waals surface area contributed by atoms with E-state index in [9.17, 15) is 40.4 Å². The minimum absolute atomic E-state index is 0.0476. The van der Waals surface area contributed by atoms with Gasteiger partial charge in [0.2, 0.25) is 0 Å². The number of pyridine rings is 1. The highest BCUT2D eigenvalue weighted by molar-refractivity contribution is 7.95. The first kappa shape index (κ1) is 35.8. The Kier molecular flexibility index (Phi) is 11.6. The molecule has 0 spiro atoms. The Labute approximate surface area is 271 Å². The number of nitriles is 1. The molecule has 1 aromatic heterocycles. The largest absolute Gasteiger partial charge is 0.425 e. The molecule has 0 radical (unpaired) electrons. The Morgan fingerprint density at radius 2 is 1.85 bits per heavy atom. The summed E-state index contributed by atoms with van der Waals surface area (Å²) in [6.45, 7) is -2.04. The van der Waals surface area contributed by atoms with Gasteiger partial charge >= 0.3 is 12.8 Å². The fourth-order valence-corrected chi connectivity index (χ4v) is 6.56. The third kappa shape index (κ3) is 9.30. The predicted octanol–water partition coefficient (Wildman–Crippen LogP) is 6.33. The van der Waals surface area contributed by atoms with Crippen molar-refractivity contribution in [3.63, 3.8) is 0 Å². The van der Waals surface area contributed by atoms with Crippen LogP contribution in [0.25, 0.3) is 0 Å².